The van der Waals surface area contributed by atoms with Gasteiger partial charge >= 0.3 is 20.4 Å². The molecule has 0 bridgehead atoms. The van der Waals surface area contributed by atoms with E-state index in [4.69, 9.17) is 20.2 Å². The van der Waals surface area contributed by atoms with Gasteiger partial charge in [0.25, 0.3) is 0 Å². The van der Waals surface area contributed by atoms with Crippen LogP contribution < -0.4 is 37.1 Å². The molecule has 0 aliphatic heterocycles. The van der Waals surface area contributed by atoms with Gasteiger partial charge in [-0.3, -0.25) is 0 Å². The van der Waals surface area contributed by atoms with E-state index < -0.39 is 0 Å². The molecule has 76 valence electrons. The molecule has 0 spiro atoms. The molecule has 8 nitrogen and oxygen atoms in total. The van der Waals surface area contributed by atoms with E-state index in [1.165, 1.54) is 0 Å². The molecule has 0 fully saturated rings. The molecule has 0 rings (SSSR count). The Kier molecular flexibility index (Phi) is 1310. The van der Waals surface area contributed by atoms with Crippen molar-refractivity contribution in [1.29, 1.82) is 0 Å². The van der Waals surface area contributed by atoms with Gasteiger partial charge in [-0.25, -0.2) is 0 Å². The van der Waals surface area contributed by atoms with Gasteiger partial charge in [0.1, 0.15) is 0 Å². The monoisotopic (exact) mass is 302 g/mol. The van der Waals surface area contributed by atoms with Gasteiger partial charge in [0, 0.05) is 0 Å². The number of nitrogens with zero attached hydrogens (tertiary/aromatic N) is 2. The van der Waals surface area contributed by atoms with Gasteiger partial charge in [0.05, 0.1) is 0 Å². The SMILES string of the molecule is N.N.O=N[O-].O=N[O-].[Cl-].[Cl-].[Pd+2]. The van der Waals surface area contributed by atoms with Crippen molar-refractivity contribution in [2.24, 2.45) is 10.7 Å². The van der Waals surface area contributed by atoms with Crippen molar-refractivity contribution < 1.29 is 45.2 Å². The fourth-order valence-electron chi connectivity index (χ4n) is 0. The summed E-state index contributed by atoms with van der Waals surface area (Å²) in [5, 5.41) is 18.0. The third-order valence-corrected chi connectivity index (χ3v) is 0. The molecular formula is H6Cl2N4O4Pd-2. The second-order valence-corrected chi connectivity index (χ2v) is 0.149. The van der Waals surface area contributed by atoms with Crippen molar-refractivity contribution >= 4 is 0 Å². The van der Waals surface area contributed by atoms with Crippen molar-refractivity contribution in [2.75, 3.05) is 0 Å². The summed E-state index contributed by atoms with van der Waals surface area (Å²) < 4.78 is 0. The van der Waals surface area contributed by atoms with Crippen LogP contribution in [-0.2, 0) is 20.4 Å². The summed E-state index contributed by atoms with van der Waals surface area (Å²) in [7, 11) is 0. The smallest absolute Gasteiger partial charge is 1.00 e. The van der Waals surface area contributed by atoms with Crippen molar-refractivity contribution in [3.63, 3.8) is 0 Å². The van der Waals surface area contributed by atoms with Crippen LogP contribution >= 0.6 is 0 Å². The number of hydrogen-bond donors (Lipinski definition) is 2. The molecule has 0 aliphatic carbocycles. The fourth-order valence-corrected chi connectivity index (χ4v) is 0. The molecule has 6 N–H and O–H groups in total. The number of halogens is 2. The summed E-state index contributed by atoms with van der Waals surface area (Å²) in [6.45, 7) is 0. The zero-order valence-corrected chi connectivity index (χ0v) is 8.08. The maximum absolute atomic E-state index is 8.00. The molecule has 0 unspecified atom stereocenters. The Labute approximate surface area is 88.6 Å². The summed E-state index contributed by atoms with van der Waals surface area (Å²) in [6, 6.07) is 0. The summed E-state index contributed by atoms with van der Waals surface area (Å²) >= 11 is 0. The van der Waals surface area contributed by atoms with Gasteiger partial charge in [0.15, 0.2) is 0 Å². The van der Waals surface area contributed by atoms with E-state index >= 15 is 0 Å². The third kappa shape index (κ3) is 445000. The molecule has 0 aliphatic rings. The first-order valence-electron chi connectivity index (χ1n) is 0.730. The van der Waals surface area contributed by atoms with E-state index in [2.05, 4.69) is 0 Å². The van der Waals surface area contributed by atoms with Crippen LogP contribution in [-0.4, -0.2) is 0 Å². The van der Waals surface area contributed by atoms with Gasteiger partial charge in [0.2, 0.25) is 0 Å². The van der Waals surface area contributed by atoms with E-state index in [0.717, 1.165) is 10.7 Å². The number of hydrogen-bond acceptors (Lipinski definition) is 8. The Morgan fingerprint density at radius 1 is 0.818 bits per heavy atom. The fraction of sp³-hybridized carbons (Fsp3) is 0. The average molecular weight is 303 g/mol. The average Bonchev–Trinajstić information content (AvgIpc) is 1.39. The number of rotatable bonds is 0. The quantitative estimate of drug-likeness (QED) is 0.257. The van der Waals surface area contributed by atoms with Gasteiger partial charge in [-0.05, 0) is 0 Å². The first-order valence-corrected chi connectivity index (χ1v) is 0.730. The Bertz CT molecular complexity index is 41.1. The Morgan fingerprint density at radius 3 is 0.818 bits per heavy atom. The van der Waals surface area contributed by atoms with Crippen LogP contribution in [0, 0.1) is 20.2 Å². The Hall–Kier alpha value is -0.0377. The normalized spacial score (nSPS) is 2.18. The van der Waals surface area contributed by atoms with Crippen molar-refractivity contribution in [3.05, 3.63) is 20.2 Å². The minimum atomic E-state index is 0. The van der Waals surface area contributed by atoms with E-state index in [9.17, 15) is 0 Å². The Morgan fingerprint density at radius 2 is 0.818 bits per heavy atom. The summed E-state index contributed by atoms with van der Waals surface area (Å²) in [6.07, 6.45) is 0. The van der Waals surface area contributed by atoms with Crippen LogP contribution in [0.2, 0.25) is 0 Å². The van der Waals surface area contributed by atoms with Crippen LogP contribution in [0.25, 0.3) is 0 Å². The molecule has 11 heavy (non-hydrogen) atoms. The molecule has 0 aromatic carbocycles. The zero-order valence-electron chi connectivity index (χ0n) is 5.01. The molecule has 0 saturated heterocycles. The van der Waals surface area contributed by atoms with Crippen LogP contribution in [0.1, 0.15) is 0 Å². The molecule has 11 heteroatoms. The molecular weight excluding hydrogens is 297 g/mol. The van der Waals surface area contributed by atoms with Crippen LogP contribution in [0.4, 0.5) is 0 Å². The predicted molar refractivity (Wildman–Crippen MR) is 28.4 cm³/mol. The van der Waals surface area contributed by atoms with Crippen LogP contribution in [0.3, 0.4) is 0 Å². The largest absolute Gasteiger partial charge is 2.00 e. The van der Waals surface area contributed by atoms with Gasteiger partial charge in [-0.15, -0.1) is 10.7 Å². The summed E-state index contributed by atoms with van der Waals surface area (Å²) in [5.74, 6) is 0. The van der Waals surface area contributed by atoms with E-state index in [1.54, 1.807) is 0 Å². The molecule has 0 saturated carbocycles. The minimum Gasteiger partial charge on any atom is -1.00 e. The van der Waals surface area contributed by atoms with Crippen LogP contribution in [0.5, 0.6) is 0 Å². The minimum absolute atomic E-state index is 0. The van der Waals surface area contributed by atoms with Gasteiger partial charge in [-0.2, -0.15) is 0 Å². The molecule has 0 radical (unpaired) electrons. The molecule has 0 aromatic rings. The maximum atomic E-state index is 8.00. The van der Waals surface area contributed by atoms with Gasteiger partial charge < -0.3 is 57.3 Å². The van der Waals surface area contributed by atoms with Crippen molar-refractivity contribution in [3.8, 4) is 0 Å². The maximum Gasteiger partial charge on any atom is 2.00 e. The second-order valence-electron chi connectivity index (χ2n) is 0.149. The van der Waals surface area contributed by atoms with Crippen molar-refractivity contribution in [1.82, 2.24) is 12.3 Å². The summed E-state index contributed by atoms with van der Waals surface area (Å²) in [5.41, 5.74) is 0. The first-order chi connectivity index (χ1) is 2.83. The van der Waals surface area contributed by atoms with E-state index in [1.807, 2.05) is 0 Å². The predicted octanol–water partition coefficient (Wildman–Crippen LogP) is -5.17. The van der Waals surface area contributed by atoms with Crippen molar-refractivity contribution in [2.45, 2.75) is 0 Å². The molecule has 0 heterocycles. The first kappa shape index (κ1) is 69.3. The second kappa shape index (κ2) is 208. The standard InChI is InChI=1S/2ClH.2HNO2.2H3N.Pd/c;;2*2-1-3;;;/h2*1H;2*(H,2,3);2*1H3;/q;;;;;;+2/p-4. The summed E-state index contributed by atoms with van der Waals surface area (Å²) in [4.78, 5) is 16.0. The molecule has 0 amide bonds. The van der Waals surface area contributed by atoms with E-state index in [0.29, 0.717) is 0 Å². The molecule has 0 aromatic heterocycles. The third-order valence-electron chi connectivity index (χ3n) is 0. The topological polar surface area (TPSA) is 175 Å². The van der Waals surface area contributed by atoms with Gasteiger partial charge in [-0.1, -0.05) is 0 Å². The molecule has 0 atom stereocenters. The zero-order chi connectivity index (χ0) is 5.41. The van der Waals surface area contributed by atoms with E-state index in [-0.39, 0.29) is 57.5 Å². The Balaban J connectivity index is -0.00000000400. The van der Waals surface area contributed by atoms with Crippen LogP contribution in [0.15, 0.2) is 10.7 Å².